The molecule has 2 atom stereocenters. The summed E-state index contributed by atoms with van der Waals surface area (Å²) < 4.78 is 0. The topological polar surface area (TPSA) is 23.6 Å². The Hall–Kier alpha value is -0.410. The number of rotatable bonds is 1. The van der Waals surface area contributed by atoms with Gasteiger partial charge < -0.3 is 4.90 Å². The number of likely N-dealkylation sites (N-methyl/N-ethyl adjacent to an activating group) is 1. The van der Waals surface area contributed by atoms with Crippen LogP contribution < -0.4 is 0 Å². The van der Waals surface area contributed by atoms with Crippen LogP contribution in [0, 0.1) is 5.92 Å². The van der Waals surface area contributed by atoms with E-state index in [1.807, 2.05) is 0 Å². The summed E-state index contributed by atoms with van der Waals surface area (Å²) in [5.74, 6) is 1.17. The summed E-state index contributed by atoms with van der Waals surface area (Å²) in [5.41, 5.74) is 0. The maximum absolute atomic E-state index is 11.5. The normalized spacial score (nSPS) is 35.7. The van der Waals surface area contributed by atoms with Gasteiger partial charge in [-0.25, -0.2) is 0 Å². The van der Waals surface area contributed by atoms with Gasteiger partial charge in [0, 0.05) is 45.1 Å². The summed E-state index contributed by atoms with van der Waals surface area (Å²) in [4.78, 5) is 16.4. The summed E-state index contributed by atoms with van der Waals surface area (Å²) in [7, 11) is 2.17. The third-order valence-electron chi connectivity index (χ3n) is 3.98. The molecule has 0 aromatic carbocycles. The minimum atomic E-state index is 0.469. The Bertz CT molecular complexity index is 234. The Labute approximate surface area is 92.4 Å². The van der Waals surface area contributed by atoms with Crippen LogP contribution in [0.15, 0.2) is 0 Å². The first kappa shape index (κ1) is 11.1. The third kappa shape index (κ3) is 2.58. The zero-order valence-corrected chi connectivity index (χ0v) is 9.91. The molecule has 86 valence electrons. The zero-order valence-electron chi connectivity index (χ0n) is 9.91. The van der Waals surface area contributed by atoms with Gasteiger partial charge >= 0.3 is 0 Å². The molecule has 1 heterocycles. The smallest absolute Gasteiger partial charge is 0.134 e. The lowest BCUT2D eigenvalue weighted by Crippen LogP contribution is -2.52. The molecule has 3 nitrogen and oxygen atoms in total. The molecule has 2 rings (SSSR count). The number of hydrogen-bond acceptors (Lipinski definition) is 3. The maximum Gasteiger partial charge on any atom is 0.134 e. The molecule has 0 amide bonds. The molecule has 0 radical (unpaired) electrons. The molecule has 0 spiro atoms. The van der Waals surface area contributed by atoms with Gasteiger partial charge in [-0.3, -0.25) is 9.69 Å². The van der Waals surface area contributed by atoms with E-state index in [2.05, 4.69) is 23.8 Å². The first-order valence-electron chi connectivity index (χ1n) is 6.11. The molecule has 3 heteroatoms. The fourth-order valence-electron chi connectivity index (χ4n) is 2.76. The Morgan fingerprint density at radius 2 is 1.87 bits per heavy atom. The molecule has 1 aliphatic carbocycles. The number of hydrogen-bond donors (Lipinski definition) is 0. The lowest BCUT2D eigenvalue weighted by Gasteiger charge is -2.42. The Kier molecular flexibility index (Phi) is 3.42. The van der Waals surface area contributed by atoms with Crippen molar-refractivity contribution in [2.45, 2.75) is 32.2 Å². The van der Waals surface area contributed by atoms with Gasteiger partial charge in [-0.15, -0.1) is 0 Å². The number of Topliss-reactive ketones (excluding diaryl/α,β-unsaturated/α-hetero) is 1. The van der Waals surface area contributed by atoms with Crippen LogP contribution in [-0.2, 0) is 4.79 Å². The quantitative estimate of drug-likeness (QED) is 0.645. The Balaban J connectivity index is 1.93. The van der Waals surface area contributed by atoms with E-state index in [-0.39, 0.29) is 0 Å². The van der Waals surface area contributed by atoms with E-state index in [0.29, 0.717) is 17.7 Å². The van der Waals surface area contributed by atoms with Crippen molar-refractivity contribution in [1.29, 1.82) is 0 Å². The van der Waals surface area contributed by atoms with Gasteiger partial charge in [0.1, 0.15) is 5.78 Å². The van der Waals surface area contributed by atoms with Crippen LogP contribution in [0.5, 0.6) is 0 Å². The van der Waals surface area contributed by atoms with Crippen LogP contribution in [0.1, 0.15) is 26.2 Å². The van der Waals surface area contributed by atoms with E-state index in [0.717, 1.165) is 45.4 Å². The molecule has 0 aromatic heterocycles. The fourth-order valence-corrected chi connectivity index (χ4v) is 2.76. The second-order valence-electron chi connectivity index (χ2n) is 5.17. The Morgan fingerprint density at radius 3 is 2.53 bits per heavy atom. The summed E-state index contributed by atoms with van der Waals surface area (Å²) in [5, 5.41) is 0. The molecular weight excluding hydrogens is 188 g/mol. The average Bonchev–Trinajstić information content (AvgIpc) is 2.23. The van der Waals surface area contributed by atoms with Crippen molar-refractivity contribution in [3.8, 4) is 0 Å². The predicted octanol–water partition coefficient (Wildman–Crippen LogP) is 0.991. The van der Waals surface area contributed by atoms with Gasteiger partial charge in [0.05, 0.1) is 0 Å². The summed E-state index contributed by atoms with van der Waals surface area (Å²) in [6.45, 7) is 6.88. The molecule has 0 bridgehead atoms. The monoisotopic (exact) mass is 210 g/mol. The highest BCUT2D eigenvalue weighted by molar-refractivity contribution is 5.79. The van der Waals surface area contributed by atoms with Crippen molar-refractivity contribution in [2.75, 3.05) is 33.2 Å². The first-order valence-corrected chi connectivity index (χ1v) is 6.11. The number of piperazine rings is 1. The SMILES string of the molecule is CC1CCC(=O)CC1N1CCN(C)CC1. The highest BCUT2D eigenvalue weighted by Crippen LogP contribution is 2.26. The molecule has 2 fully saturated rings. The van der Waals surface area contributed by atoms with Gasteiger partial charge in [0.15, 0.2) is 0 Å². The summed E-state index contributed by atoms with van der Waals surface area (Å²) in [6, 6.07) is 0.528. The van der Waals surface area contributed by atoms with E-state index >= 15 is 0 Å². The number of carbonyl (C=O) groups is 1. The van der Waals surface area contributed by atoms with Gasteiger partial charge in [-0.05, 0) is 19.4 Å². The van der Waals surface area contributed by atoms with Crippen LogP contribution in [-0.4, -0.2) is 54.9 Å². The van der Waals surface area contributed by atoms with Crippen LogP contribution in [0.25, 0.3) is 0 Å². The molecule has 15 heavy (non-hydrogen) atoms. The highest BCUT2D eigenvalue weighted by Gasteiger charge is 2.31. The standard InChI is InChI=1S/C12H22N2O/c1-10-3-4-11(15)9-12(10)14-7-5-13(2)6-8-14/h10,12H,3-9H2,1-2H3. The number of ketones is 1. The second kappa shape index (κ2) is 4.62. The van der Waals surface area contributed by atoms with E-state index < -0.39 is 0 Å². The predicted molar refractivity (Wildman–Crippen MR) is 60.9 cm³/mol. The van der Waals surface area contributed by atoms with Crippen molar-refractivity contribution >= 4 is 5.78 Å². The van der Waals surface area contributed by atoms with Gasteiger partial charge in [-0.1, -0.05) is 6.92 Å². The highest BCUT2D eigenvalue weighted by atomic mass is 16.1. The molecule has 1 saturated heterocycles. The van der Waals surface area contributed by atoms with Crippen molar-refractivity contribution in [1.82, 2.24) is 9.80 Å². The van der Waals surface area contributed by atoms with E-state index in [4.69, 9.17) is 0 Å². The molecule has 2 unspecified atom stereocenters. The second-order valence-corrected chi connectivity index (χ2v) is 5.17. The van der Waals surface area contributed by atoms with Crippen LogP contribution in [0.2, 0.25) is 0 Å². The van der Waals surface area contributed by atoms with Crippen molar-refractivity contribution in [2.24, 2.45) is 5.92 Å². The minimum absolute atomic E-state index is 0.469. The molecule has 0 aromatic rings. The molecule has 1 saturated carbocycles. The largest absolute Gasteiger partial charge is 0.304 e. The van der Waals surface area contributed by atoms with Gasteiger partial charge in [0.2, 0.25) is 0 Å². The van der Waals surface area contributed by atoms with Gasteiger partial charge in [-0.2, -0.15) is 0 Å². The number of carbonyl (C=O) groups excluding carboxylic acids is 1. The maximum atomic E-state index is 11.5. The minimum Gasteiger partial charge on any atom is -0.304 e. The first-order chi connectivity index (χ1) is 7.16. The van der Waals surface area contributed by atoms with Gasteiger partial charge in [0.25, 0.3) is 0 Å². The van der Waals surface area contributed by atoms with E-state index in [1.165, 1.54) is 0 Å². The molecule has 0 N–H and O–H groups in total. The fraction of sp³-hybridized carbons (Fsp3) is 0.917. The van der Waals surface area contributed by atoms with Crippen LogP contribution in [0.3, 0.4) is 0 Å². The molecule has 1 aliphatic heterocycles. The zero-order chi connectivity index (χ0) is 10.8. The van der Waals surface area contributed by atoms with Crippen molar-refractivity contribution in [3.63, 3.8) is 0 Å². The third-order valence-corrected chi connectivity index (χ3v) is 3.98. The van der Waals surface area contributed by atoms with E-state index in [9.17, 15) is 4.79 Å². The Morgan fingerprint density at radius 1 is 1.20 bits per heavy atom. The van der Waals surface area contributed by atoms with Crippen LogP contribution >= 0.6 is 0 Å². The summed E-state index contributed by atoms with van der Waals surface area (Å²) >= 11 is 0. The number of nitrogens with zero attached hydrogens (tertiary/aromatic N) is 2. The molecular formula is C12H22N2O. The average molecular weight is 210 g/mol. The molecule has 2 aliphatic rings. The van der Waals surface area contributed by atoms with Crippen LogP contribution in [0.4, 0.5) is 0 Å². The van der Waals surface area contributed by atoms with E-state index in [1.54, 1.807) is 0 Å². The van der Waals surface area contributed by atoms with Crippen molar-refractivity contribution < 1.29 is 4.79 Å². The van der Waals surface area contributed by atoms with Crippen molar-refractivity contribution in [3.05, 3.63) is 0 Å². The summed E-state index contributed by atoms with van der Waals surface area (Å²) in [6.07, 6.45) is 2.70. The lowest BCUT2D eigenvalue weighted by atomic mass is 9.84. The lowest BCUT2D eigenvalue weighted by molar-refractivity contribution is -0.123.